The van der Waals surface area contributed by atoms with Crippen LogP contribution in [0.5, 0.6) is 0 Å². The number of aliphatic hydroxyl groups is 1. The average molecular weight is 333 g/mol. The minimum Gasteiger partial charge on any atom is -0.392 e. The molecule has 7 heteroatoms. The summed E-state index contributed by atoms with van der Waals surface area (Å²) in [6.45, 7) is 4.41. The molecule has 1 unspecified atom stereocenters. The molecule has 1 fully saturated rings. The van der Waals surface area contributed by atoms with Gasteiger partial charge in [-0.1, -0.05) is 0 Å². The average Bonchev–Trinajstić information content (AvgIpc) is 2.58. The zero-order chi connectivity index (χ0) is 17.3. The first-order chi connectivity index (χ1) is 11.5. The number of nitrogens with one attached hydrogen (secondary N) is 1. The molecule has 1 aliphatic heterocycles. The monoisotopic (exact) mass is 333 g/mol. The van der Waals surface area contributed by atoms with Crippen LogP contribution in [0.15, 0.2) is 33.9 Å². The maximum absolute atomic E-state index is 13.0. The predicted molar refractivity (Wildman–Crippen MR) is 92.4 cm³/mol. The number of rotatable bonds is 5. The van der Waals surface area contributed by atoms with Crippen LogP contribution in [0.3, 0.4) is 0 Å². The van der Waals surface area contributed by atoms with Crippen molar-refractivity contribution >= 4 is 17.1 Å². The Hall–Kier alpha value is -2.41. The SMILES string of the molecule is CC(O)CNc1c(N2CCN(c3ccc(F)cc3)CC2)c(=O)c1=O. The molecule has 3 rings (SSSR count). The molecule has 1 atom stereocenters. The van der Waals surface area contributed by atoms with Gasteiger partial charge in [-0.05, 0) is 31.2 Å². The second-order valence-electron chi connectivity index (χ2n) is 6.06. The highest BCUT2D eigenvalue weighted by molar-refractivity contribution is 5.75. The van der Waals surface area contributed by atoms with Crippen molar-refractivity contribution in [1.29, 1.82) is 0 Å². The fourth-order valence-electron chi connectivity index (χ4n) is 2.94. The fraction of sp³-hybridized carbons (Fsp3) is 0.412. The highest BCUT2D eigenvalue weighted by Crippen LogP contribution is 2.23. The molecular formula is C17H20FN3O3. The highest BCUT2D eigenvalue weighted by Gasteiger charge is 2.28. The van der Waals surface area contributed by atoms with E-state index in [1.54, 1.807) is 19.1 Å². The van der Waals surface area contributed by atoms with E-state index in [-0.39, 0.29) is 12.4 Å². The van der Waals surface area contributed by atoms with Gasteiger partial charge in [-0.2, -0.15) is 0 Å². The van der Waals surface area contributed by atoms with E-state index in [4.69, 9.17) is 0 Å². The van der Waals surface area contributed by atoms with Gasteiger partial charge in [-0.3, -0.25) is 9.59 Å². The van der Waals surface area contributed by atoms with Gasteiger partial charge in [0, 0.05) is 38.4 Å². The lowest BCUT2D eigenvalue weighted by atomic mass is 10.1. The van der Waals surface area contributed by atoms with E-state index in [0.29, 0.717) is 37.6 Å². The summed E-state index contributed by atoms with van der Waals surface area (Å²) in [5, 5.41) is 12.2. The Morgan fingerprint density at radius 2 is 1.67 bits per heavy atom. The Morgan fingerprint density at radius 1 is 1.08 bits per heavy atom. The Kier molecular flexibility index (Phi) is 4.53. The Morgan fingerprint density at radius 3 is 2.25 bits per heavy atom. The summed E-state index contributed by atoms with van der Waals surface area (Å²) in [7, 11) is 0. The number of halogens is 1. The lowest BCUT2D eigenvalue weighted by Crippen LogP contribution is -2.51. The van der Waals surface area contributed by atoms with Crippen molar-refractivity contribution in [2.45, 2.75) is 13.0 Å². The Labute approximate surface area is 138 Å². The van der Waals surface area contributed by atoms with Gasteiger partial charge in [0.1, 0.15) is 17.2 Å². The third-order valence-electron chi connectivity index (χ3n) is 4.25. The van der Waals surface area contributed by atoms with Crippen LogP contribution < -0.4 is 26.0 Å². The van der Waals surface area contributed by atoms with Gasteiger partial charge in [-0.15, -0.1) is 0 Å². The smallest absolute Gasteiger partial charge is 0.253 e. The van der Waals surface area contributed by atoms with Crippen LogP contribution in [0.25, 0.3) is 0 Å². The van der Waals surface area contributed by atoms with Gasteiger partial charge < -0.3 is 20.2 Å². The minimum atomic E-state index is -0.599. The number of hydrogen-bond acceptors (Lipinski definition) is 6. The van der Waals surface area contributed by atoms with E-state index in [1.807, 2.05) is 4.90 Å². The van der Waals surface area contributed by atoms with Crippen molar-refractivity contribution in [2.24, 2.45) is 0 Å². The normalized spacial score (nSPS) is 16.5. The first kappa shape index (κ1) is 16.4. The zero-order valence-corrected chi connectivity index (χ0v) is 13.5. The number of piperazine rings is 1. The zero-order valence-electron chi connectivity index (χ0n) is 13.5. The molecule has 2 aromatic rings. The van der Waals surface area contributed by atoms with Crippen LogP contribution in [0.4, 0.5) is 21.5 Å². The predicted octanol–water partition coefficient (Wildman–Crippen LogP) is 0.541. The van der Waals surface area contributed by atoms with Crippen LogP contribution in [-0.2, 0) is 0 Å². The van der Waals surface area contributed by atoms with Gasteiger partial charge in [0.05, 0.1) is 6.10 Å². The molecule has 0 amide bonds. The number of hydrogen-bond donors (Lipinski definition) is 2. The molecule has 2 N–H and O–H groups in total. The van der Waals surface area contributed by atoms with Gasteiger partial charge in [0.25, 0.3) is 10.9 Å². The van der Waals surface area contributed by atoms with Crippen LogP contribution in [0, 0.1) is 5.82 Å². The maximum Gasteiger partial charge on any atom is 0.253 e. The van der Waals surface area contributed by atoms with Crippen molar-refractivity contribution < 1.29 is 9.50 Å². The summed E-state index contributed by atoms with van der Waals surface area (Å²) in [6.07, 6.45) is -0.599. The molecule has 1 heterocycles. The third-order valence-corrected chi connectivity index (χ3v) is 4.25. The third kappa shape index (κ3) is 3.12. The molecule has 0 aromatic heterocycles. The van der Waals surface area contributed by atoms with E-state index in [2.05, 4.69) is 10.2 Å². The van der Waals surface area contributed by atoms with Gasteiger partial charge >= 0.3 is 0 Å². The van der Waals surface area contributed by atoms with Gasteiger partial charge in [-0.25, -0.2) is 4.39 Å². The van der Waals surface area contributed by atoms with Crippen molar-refractivity contribution in [1.82, 2.24) is 0 Å². The van der Waals surface area contributed by atoms with E-state index in [1.165, 1.54) is 12.1 Å². The lowest BCUT2D eigenvalue weighted by molar-refractivity contribution is 0.208. The molecule has 24 heavy (non-hydrogen) atoms. The van der Waals surface area contributed by atoms with Gasteiger partial charge in [0.2, 0.25) is 0 Å². The second kappa shape index (κ2) is 6.60. The molecule has 1 aliphatic rings. The Balaban J connectivity index is 1.67. The molecule has 0 spiro atoms. The van der Waals surface area contributed by atoms with Crippen molar-refractivity contribution in [2.75, 3.05) is 47.8 Å². The first-order valence-corrected chi connectivity index (χ1v) is 7.98. The lowest BCUT2D eigenvalue weighted by Gasteiger charge is -2.38. The molecule has 0 saturated carbocycles. The highest BCUT2D eigenvalue weighted by atomic mass is 19.1. The fourth-order valence-corrected chi connectivity index (χ4v) is 2.94. The van der Waals surface area contributed by atoms with Crippen LogP contribution in [0.1, 0.15) is 6.92 Å². The maximum atomic E-state index is 13.0. The summed E-state index contributed by atoms with van der Waals surface area (Å²) in [4.78, 5) is 27.6. The number of benzene rings is 1. The van der Waals surface area contributed by atoms with Gasteiger partial charge in [0.15, 0.2) is 0 Å². The topological polar surface area (TPSA) is 72.9 Å². The van der Waals surface area contributed by atoms with E-state index in [0.717, 1.165) is 5.69 Å². The summed E-state index contributed by atoms with van der Waals surface area (Å²) in [5.74, 6) is -0.269. The molecule has 128 valence electrons. The van der Waals surface area contributed by atoms with E-state index >= 15 is 0 Å². The van der Waals surface area contributed by atoms with E-state index in [9.17, 15) is 19.1 Å². The largest absolute Gasteiger partial charge is 0.392 e. The number of anilines is 3. The molecule has 6 nitrogen and oxygen atoms in total. The quantitative estimate of drug-likeness (QED) is 0.778. The molecule has 0 aliphatic carbocycles. The minimum absolute atomic E-state index is 0.230. The molecular weight excluding hydrogens is 313 g/mol. The molecule has 1 saturated heterocycles. The van der Waals surface area contributed by atoms with Crippen LogP contribution >= 0.6 is 0 Å². The molecule has 0 radical (unpaired) electrons. The molecule has 0 bridgehead atoms. The summed E-state index contributed by atoms with van der Waals surface area (Å²) >= 11 is 0. The van der Waals surface area contributed by atoms with Crippen molar-refractivity contribution in [3.05, 3.63) is 50.5 Å². The number of nitrogens with zero attached hydrogens (tertiary/aromatic N) is 2. The summed E-state index contributed by atoms with van der Waals surface area (Å²) in [6, 6.07) is 6.32. The second-order valence-corrected chi connectivity index (χ2v) is 6.06. The number of aliphatic hydroxyl groups excluding tert-OH is 1. The van der Waals surface area contributed by atoms with Crippen molar-refractivity contribution in [3.63, 3.8) is 0 Å². The summed E-state index contributed by atoms with van der Waals surface area (Å²) < 4.78 is 13.0. The Bertz CT molecular complexity index is 773. The van der Waals surface area contributed by atoms with Crippen molar-refractivity contribution in [3.8, 4) is 0 Å². The summed E-state index contributed by atoms with van der Waals surface area (Å²) in [5.41, 5.74) is 0.661. The van der Waals surface area contributed by atoms with Crippen LogP contribution in [-0.4, -0.2) is 43.9 Å². The molecule has 2 aromatic carbocycles. The van der Waals surface area contributed by atoms with E-state index < -0.39 is 17.0 Å². The van der Waals surface area contributed by atoms with Crippen LogP contribution in [0.2, 0.25) is 0 Å². The standard InChI is InChI=1S/C17H20FN3O3/c1-11(22)10-19-14-15(17(24)16(14)23)21-8-6-20(7-9-21)13-4-2-12(18)3-5-13/h2-5,11,19,22H,6-10H2,1H3. The first-order valence-electron chi connectivity index (χ1n) is 7.98.